The van der Waals surface area contributed by atoms with E-state index in [1.165, 1.54) is 12.1 Å². The van der Waals surface area contributed by atoms with E-state index in [1.54, 1.807) is 0 Å². The maximum Gasteiger partial charge on any atom is 0.391 e. The Morgan fingerprint density at radius 2 is 2.00 bits per heavy atom. The molecule has 0 saturated heterocycles. The normalized spacial score (nSPS) is 22.9. The van der Waals surface area contributed by atoms with Crippen molar-refractivity contribution in [2.24, 2.45) is 5.92 Å². The zero-order chi connectivity index (χ0) is 15.6. The van der Waals surface area contributed by atoms with Crippen LogP contribution in [0, 0.1) is 11.7 Å². The summed E-state index contributed by atoms with van der Waals surface area (Å²) < 4.78 is 52.3. The lowest BCUT2D eigenvalue weighted by Crippen LogP contribution is -2.41. The van der Waals surface area contributed by atoms with Crippen LogP contribution < -0.4 is 5.32 Å². The summed E-state index contributed by atoms with van der Waals surface area (Å²) in [5.74, 6) is -2.77. The second-order valence-electron chi connectivity index (χ2n) is 5.20. The van der Waals surface area contributed by atoms with E-state index in [0.717, 1.165) is 6.07 Å². The molecule has 1 saturated carbocycles. The van der Waals surface area contributed by atoms with Gasteiger partial charge >= 0.3 is 6.18 Å². The Labute approximate surface area is 128 Å². The van der Waals surface area contributed by atoms with Gasteiger partial charge in [-0.25, -0.2) is 4.39 Å². The van der Waals surface area contributed by atoms with Crippen LogP contribution in [0.1, 0.15) is 36.0 Å². The number of hydrogen-bond acceptors (Lipinski definition) is 1. The number of carbonyl (C=O) groups excluding carboxylic acids is 1. The SMILES string of the molecule is O=C(N[C@H]1CCC[C@@H](C(F)(F)F)C1)c1cc(Br)ccc1F. The molecule has 1 aromatic rings. The van der Waals surface area contributed by atoms with Crippen molar-refractivity contribution in [1.29, 1.82) is 0 Å². The van der Waals surface area contributed by atoms with Gasteiger partial charge in [0.05, 0.1) is 11.5 Å². The Morgan fingerprint density at radius 3 is 2.67 bits per heavy atom. The first kappa shape index (κ1) is 16.3. The Bertz CT molecular complexity index is 532. The first-order valence-electron chi connectivity index (χ1n) is 6.60. The van der Waals surface area contributed by atoms with Crippen LogP contribution in [0.4, 0.5) is 17.6 Å². The minimum absolute atomic E-state index is 0.0844. The fraction of sp³-hybridized carbons (Fsp3) is 0.500. The van der Waals surface area contributed by atoms with E-state index in [2.05, 4.69) is 21.2 Å². The Kier molecular flexibility index (Phi) is 4.91. The predicted octanol–water partition coefficient (Wildman–Crippen LogP) is 4.44. The number of benzene rings is 1. The van der Waals surface area contributed by atoms with Gasteiger partial charge < -0.3 is 5.32 Å². The molecule has 2 nitrogen and oxygen atoms in total. The lowest BCUT2D eigenvalue weighted by Gasteiger charge is -2.31. The third-order valence-corrected chi connectivity index (χ3v) is 4.14. The molecule has 1 amide bonds. The lowest BCUT2D eigenvalue weighted by molar-refractivity contribution is -0.183. The standard InChI is InChI=1S/C14H14BrF4NO/c15-9-4-5-12(16)11(7-9)13(21)20-10-3-1-2-8(6-10)14(17,18)19/h4-5,7-8,10H,1-3,6H2,(H,20,21)/t8-,10+/m1/s1. The molecule has 21 heavy (non-hydrogen) atoms. The quantitative estimate of drug-likeness (QED) is 0.769. The molecule has 1 aromatic carbocycles. The van der Waals surface area contributed by atoms with Crippen LogP contribution in [-0.2, 0) is 0 Å². The number of amides is 1. The summed E-state index contributed by atoms with van der Waals surface area (Å²) in [4.78, 5) is 12.0. The molecule has 2 rings (SSSR count). The summed E-state index contributed by atoms with van der Waals surface area (Å²) in [6.45, 7) is 0. The van der Waals surface area contributed by atoms with Gasteiger partial charge in [0.25, 0.3) is 5.91 Å². The molecule has 0 spiro atoms. The second-order valence-corrected chi connectivity index (χ2v) is 6.12. The first-order valence-corrected chi connectivity index (χ1v) is 7.39. The van der Waals surface area contributed by atoms with Gasteiger partial charge in [0.2, 0.25) is 0 Å². The number of nitrogens with one attached hydrogen (secondary N) is 1. The highest BCUT2D eigenvalue weighted by Crippen LogP contribution is 2.37. The first-order chi connectivity index (χ1) is 9.77. The molecular formula is C14H14BrF4NO. The number of halogens is 5. The fourth-order valence-electron chi connectivity index (χ4n) is 2.55. The van der Waals surface area contributed by atoms with Crippen molar-refractivity contribution < 1.29 is 22.4 Å². The molecule has 7 heteroatoms. The molecule has 0 bridgehead atoms. The predicted molar refractivity (Wildman–Crippen MR) is 73.4 cm³/mol. The minimum atomic E-state index is -4.25. The fourth-order valence-corrected chi connectivity index (χ4v) is 2.91. The summed E-state index contributed by atoms with van der Waals surface area (Å²) in [5, 5.41) is 2.51. The minimum Gasteiger partial charge on any atom is -0.349 e. The average molecular weight is 368 g/mol. The highest BCUT2D eigenvalue weighted by molar-refractivity contribution is 9.10. The number of alkyl halides is 3. The van der Waals surface area contributed by atoms with E-state index in [-0.39, 0.29) is 18.4 Å². The van der Waals surface area contributed by atoms with Crippen molar-refractivity contribution in [2.75, 3.05) is 0 Å². The van der Waals surface area contributed by atoms with E-state index in [4.69, 9.17) is 0 Å². The van der Waals surface area contributed by atoms with Gasteiger partial charge in [-0.1, -0.05) is 22.4 Å². The summed E-state index contributed by atoms with van der Waals surface area (Å²) in [7, 11) is 0. The molecule has 0 heterocycles. The highest BCUT2D eigenvalue weighted by atomic mass is 79.9. The number of hydrogen-bond donors (Lipinski definition) is 1. The molecule has 1 N–H and O–H groups in total. The molecule has 0 aromatic heterocycles. The summed E-state index contributed by atoms with van der Waals surface area (Å²) in [6, 6.07) is 3.33. The number of carbonyl (C=O) groups is 1. The maximum atomic E-state index is 13.6. The molecular weight excluding hydrogens is 354 g/mol. The molecule has 116 valence electrons. The maximum absolute atomic E-state index is 13.6. The topological polar surface area (TPSA) is 29.1 Å². The van der Waals surface area contributed by atoms with Crippen LogP contribution in [0.5, 0.6) is 0 Å². The van der Waals surface area contributed by atoms with E-state index in [1.807, 2.05) is 0 Å². The lowest BCUT2D eigenvalue weighted by atomic mass is 9.85. The van der Waals surface area contributed by atoms with Crippen LogP contribution in [-0.4, -0.2) is 18.1 Å². The smallest absolute Gasteiger partial charge is 0.349 e. The van der Waals surface area contributed by atoms with Crippen molar-refractivity contribution in [1.82, 2.24) is 5.32 Å². The van der Waals surface area contributed by atoms with Crippen LogP contribution in [0.15, 0.2) is 22.7 Å². The van der Waals surface area contributed by atoms with Crippen molar-refractivity contribution >= 4 is 21.8 Å². The van der Waals surface area contributed by atoms with Crippen LogP contribution in [0.2, 0.25) is 0 Å². The van der Waals surface area contributed by atoms with Crippen molar-refractivity contribution in [3.63, 3.8) is 0 Å². The van der Waals surface area contributed by atoms with Gasteiger partial charge in [-0.3, -0.25) is 4.79 Å². The van der Waals surface area contributed by atoms with Gasteiger partial charge in [-0.05, 0) is 37.5 Å². The molecule has 2 atom stereocenters. The Morgan fingerprint density at radius 1 is 1.29 bits per heavy atom. The number of rotatable bonds is 2. The van der Waals surface area contributed by atoms with E-state index in [9.17, 15) is 22.4 Å². The Hall–Kier alpha value is -1.11. The summed E-state index contributed by atoms with van der Waals surface area (Å²) in [5.41, 5.74) is -0.168. The van der Waals surface area contributed by atoms with Gasteiger partial charge in [-0.15, -0.1) is 0 Å². The van der Waals surface area contributed by atoms with E-state index in [0.29, 0.717) is 17.3 Å². The monoisotopic (exact) mass is 367 g/mol. The van der Waals surface area contributed by atoms with Gasteiger partial charge in [0.15, 0.2) is 0 Å². The summed E-state index contributed by atoms with van der Waals surface area (Å²) in [6.07, 6.45) is -3.43. The Balaban J connectivity index is 2.04. The van der Waals surface area contributed by atoms with Crippen LogP contribution in [0.3, 0.4) is 0 Å². The molecule has 1 aliphatic carbocycles. The molecule has 1 fully saturated rings. The largest absolute Gasteiger partial charge is 0.391 e. The zero-order valence-corrected chi connectivity index (χ0v) is 12.6. The third kappa shape index (κ3) is 4.18. The van der Waals surface area contributed by atoms with Crippen molar-refractivity contribution in [3.05, 3.63) is 34.1 Å². The zero-order valence-electron chi connectivity index (χ0n) is 11.0. The van der Waals surface area contributed by atoms with Gasteiger partial charge in [0.1, 0.15) is 5.82 Å². The molecule has 1 aliphatic rings. The average Bonchev–Trinajstić information content (AvgIpc) is 2.41. The van der Waals surface area contributed by atoms with Crippen molar-refractivity contribution in [2.45, 2.75) is 37.9 Å². The van der Waals surface area contributed by atoms with Gasteiger partial charge in [0, 0.05) is 10.5 Å². The van der Waals surface area contributed by atoms with E-state index >= 15 is 0 Å². The molecule has 0 aliphatic heterocycles. The molecule has 0 radical (unpaired) electrons. The highest BCUT2D eigenvalue weighted by Gasteiger charge is 2.42. The van der Waals surface area contributed by atoms with Crippen molar-refractivity contribution in [3.8, 4) is 0 Å². The molecule has 0 unspecified atom stereocenters. The van der Waals surface area contributed by atoms with E-state index < -0.39 is 29.9 Å². The van der Waals surface area contributed by atoms with Crippen LogP contribution in [0.25, 0.3) is 0 Å². The van der Waals surface area contributed by atoms with Crippen LogP contribution >= 0.6 is 15.9 Å². The third-order valence-electron chi connectivity index (χ3n) is 3.65. The van der Waals surface area contributed by atoms with Gasteiger partial charge in [-0.2, -0.15) is 13.2 Å². The summed E-state index contributed by atoms with van der Waals surface area (Å²) >= 11 is 3.13. The second kappa shape index (κ2) is 6.34.